The largest absolute Gasteiger partial charge is 0.379 e. The van der Waals surface area contributed by atoms with Crippen LogP contribution in [0.1, 0.15) is 57.9 Å². The summed E-state index contributed by atoms with van der Waals surface area (Å²) < 4.78 is 49.0. The Morgan fingerprint density at radius 2 is 0.778 bits per heavy atom. The van der Waals surface area contributed by atoms with Gasteiger partial charge in [0.15, 0.2) is 5.75 Å². The predicted molar refractivity (Wildman–Crippen MR) is 173 cm³/mol. The quantitative estimate of drug-likeness (QED) is 0.0550. The van der Waals surface area contributed by atoms with Crippen LogP contribution >= 0.6 is 0 Å². The van der Waals surface area contributed by atoms with E-state index in [4.69, 9.17) is 52.4 Å². The van der Waals surface area contributed by atoms with Crippen LogP contribution in [-0.4, -0.2) is 126 Å². The fraction of sp³-hybridized carbons (Fsp3) is 0.824. The summed E-state index contributed by atoms with van der Waals surface area (Å²) in [7, 11) is 0. The molecule has 0 heterocycles. The molecular weight excluding hydrogens is 584 g/mol. The lowest BCUT2D eigenvalue weighted by molar-refractivity contribution is -0.216. The van der Waals surface area contributed by atoms with Gasteiger partial charge in [0.05, 0.1) is 112 Å². The van der Waals surface area contributed by atoms with Crippen molar-refractivity contribution in [1.29, 1.82) is 0 Å². The molecule has 0 aliphatic rings. The summed E-state index contributed by atoms with van der Waals surface area (Å²) in [5, 5.41) is 0. The van der Waals surface area contributed by atoms with Gasteiger partial charge in [-0.3, -0.25) is 0 Å². The highest BCUT2D eigenvalue weighted by molar-refractivity contribution is 5.32. The van der Waals surface area contributed by atoms with Crippen LogP contribution in [0, 0.1) is 0 Å². The number of ether oxygens (including phenoxy) is 9. The molecule has 0 saturated heterocycles. The average Bonchev–Trinajstić information content (AvgIpc) is 3.06. The van der Waals surface area contributed by atoms with Crippen LogP contribution in [0.3, 0.4) is 0 Å². The minimum atomic E-state index is 0.357. The van der Waals surface area contributed by atoms with Gasteiger partial charge in [0.2, 0.25) is 0 Å². The zero-order valence-corrected chi connectivity index (χ0v) is 28.2. The Hall–Kier alpha value is -1.38. The molecule has 264 valence electrons. The maximum absolute atomic E-state index is 5.54. The van der Waals surface area contributed by atoms with E-state index in [0.29, 0.717) is 126 Å². The van der Waals surface area contributed by atoms with Crippen molar-refractivity contribution in [2.24, 2.45) is 0 Å². The second-order valence-corrected chi connectivity index (χ2v) is 10.1. The van der Waals surface area contributed by atoms with Gasteiger partial charge in [-0.15, -0.1) is 0 Å². The van der Waals surface area contributed by atoms with E-state index in [1.54, 1.807) is 0 Å². The van der Waals surface area contributed by atoms with Gasteiger partial charge in [-0.05, 0) is 31.4 Å². The lowest BCUT2D eigenvalue weighted by Gasteiger charge is -2.10. The number of rotatable bonds is 37. The van der Waals surface area contributed by atoms with Gasteiger partial charge < -0.3 is 47.5 Å². The predicted octanol–water partition coefficient (Wildman–Crippen LogP) is 5.07. The summed E-state index contributed by atoms with van der Waals surface area (Å²) in [6.45, 7) is 14.3. The first-order chi connectivity index (χ1) is 22.4. The van der Waals surface area contributed by atoms with Crippen molar-refractivity contribution in [2.75, 3.05) is 126 Å². The first-order valence-electron chi connectivity index (χ1n) is 17.0. The van der Waals surface area contributed by atoms with Gasteiger partial charge in [-0.25, -0.2) is 0 Å². The van der Waals surface area contributed by atoms with Crippen molar-refractivity contribution in [3.05, 3.63) is 29.8 Å². The van der Waals surface area contributed by atoms with Gasteiger partial charge in [0.25, 0.3) is 0 Å². The van der Waals surface area contributed by atoms with E-state index in [-0.39, 0.29) is 0 Å². The molecule has 0 aromatic heterocycles. The van der Waals surface area contributed by atoms with Crippen molar-refractivity contribution in [2.45, 2.75) is 58.8 Å². The molecule has 0 N–H and O–H groups in total. The van der Waals surface area contributed by atoms with Gasteiger partial charge in [-0.2, -0.15) is 4.89 Å². The molecule has 0 fully saturated rings. The molecule has 0 aliphatic heterocycles. The van der Waals surface area contributed by atoms with E-state index in [1.165, 1.54) is 44.1 Å². The van der Waals surface area contributed by atoms with Crippen LogP contribution in [0.4, 0.5) is 0 Å². The summed E-state index contributed by atoms with van der Waals surface area (Å²) in [5.74, 6) is 0.791. The zero-order chi connectivity index (χ0) is 32.1. The molecule has 0 spiro atoms. The smallest absolute Gasteiger partial charge is 0.168 e. The Morgan fingerprint density at radius 3 is 1.22 bits per heavy atom. The van der Waals surface area contributed by atoms with Crippen LogP contribution in [-0.2, 0) is 53.9 Å². The van der Waals surface area contributed by atoms with E-state index in [1.807, 2.05) is 25.1 Å². The average molecular weight is 647 g/mol. The molecule has 0 saturated carbocycles. The first kappa shape index (κ1) is 41.6. The molecular formula is C34H62O11. The van der Waals surface area contributed by atoms with E-state index >= 15 is 0 Å². The van der Waals surface area contributed by atoms with Gasteiger partial charge in [0.1, 0.15) is 6.61 Å². The lowest BCUT2D eigenvalue weighted by atomic mass is 10.0. The number of hydrogen-bond acceptors (Lipinski definition) is 11. The SMILES string of the molecule is CCCCCCCCc1ccccc1OOCCOCCOCCOCCOCCOCCOCCOCCOCCOCC. The van der Waals surface area contributed by atoms with E-state index in [2.05, 4.69) is 13.0 Å². The third-order valence-corrected chi connectivity index (χ3v) is 6.41. The van der Waals surface area contributed by atoms with E-state index < -0.39 is 0 Å². The normalized spacial score (nSPS) is 11.4. The minimum absolute atomic E-state index is 0.357. The molecule has 1 aromatic rings. The highest BCUT2D eigenvalue weighted by Gasteiger charge is 2.04. The molecule has 0 amide bonds. The monoisotopic (exact) mass is 646 g/mol. The van der Waals surface area contributed by atoms with Crippen LogP contribution in [0.15, 0.2) is 24.3 Å². The Kier molecular flexibility index (Phi) is 32.8. The topological polar surface area (TPSA) is 102 Å². The number of unbranched alkanes of at least 4 members (excludes halogenated alkanes) is 5. The number of para-hydroxylation sites is 1. The van der Waals surface area contributed by atoms with Crippen LogP contribution in [0.5, 0.6) is 5.75 Å². The maximum atomic E-state index is 5.54. The second kappa shape index (κ2) is 35.5. The van der Waals surface area contributed by atoms with Crippen molar-refractivity contribution >= 4 is 0 Å². The third-order valence-electron chi connectivity index (χ3n) is 6.41. The Labute approximate surface area is 272 Å². The first-order valence-corrected chi connectivity index (χ1v) is 17.0. The number of benzene rings is 1. The fourth-order valence-corrected chi connectivity index (χ4v) is 3.99. The Morgan fingerprint density at radius 1 is 0.400 bits per heavy atom. The highest BCUT2D eigenvalue weighted by Crippen LogP contribution is 2.21. The Balaban J connectivity index is 1.75. The molecule has 0 bridgehead atoms. The molecule has 0 unspecified atom stereocenters. The maximum Gasteiger partial charge on any atom is 0.168 e. The van der Waals surface area contributed by atoms with Gasteiger partial charge >= 0.3 is 0 Å². The summed E-state index contributed by atoms with van der Waals surface area (Å²) in [6.07, 6.45) is 8.67. The molecule has 1 aromatic carbocycles. The fourth-order valence-electron chi connectivity index (χ4n) is 3.99. The molecule has 0 radical (unpaired) electrons. The highest BCUT2D eigenvalue weighted by atomic mass is 17.2. The molecule has 1 rings (SSSR count). The Bertz CT molecular complexity index is 710. The standard InChI is InChI=1S/C34H62O11/c1-3-5-6-7-8-9-12-33-13-10-11-14-34(33)45-44-32-31-43-30-29-42-28-27-41-26-25-40-24-23-39-22-21-38-20-19-37-18-17-36-16-15-35-4-2/h10-11,13-14H,3-9,12,15-32H2,1-2H3. The molecule has 0 atom stereocenters. The number of aryl methyl sites for hydroxylation is 1. The lowest BCUT2D eigenvalue weighted by Crippen LogP contribution is -2.15. The van der Waals surface area contributed by atoms with Crippen molar-refractivity contribution in [1.82, 2.24) is 0 Å². The molecule has 11 heteroatoms. The number of hydrogen-bond donors (Lipinski definition) is 0. The van der Waals surface area contributed by atoms with Crippen LogP contribution in [0.25, 0.3) is 0 Å². The minimum Gasteiger partial charge on any atom is -0.379 e. The zero-order valence-electron chi connectivity index (χ0n) is 28.2. The van der Waals surface area contributed by atoms with Crippen LogP contribution < -0.4 is 4.89 Å². The van der Waals surface area contributed by atoms with Crippen LogP contribution in [0.2, 0.25) is 0 Å². The van der Waals surface area contributed by atoms with E-state index in [9.17, 15) is 0 Å². The second-order valence-electron chi connectivity index (χ2n) is 10.1. The van der Waals surface area contributed by atoms with Crippen molar-refractivity contribution in [3.8, 4) is 5.75 Å². The van der Waals surface area contributed by atoms with Gasteiger partial charge in [-0.1, -0.05) is 57.2 Å². The van der Waals surface area contributed by atoms with Crippen molar-refractivity contribution < 1.29 is 52.4 Å². The molecule has 45 heavy (non-hydrogen) atoms. The van der Waals surface area contributed by atoms with E-state index in [0.717, 1.165) is 12.2 Å². The van der Waals surface area contributed by atoms with Gasteiger partial charge in [0, 0.05) is 6.61 Å². The molecule has 11 nitrogen and oxygen atoms in total. The summed E-state index contributed by atoms with van der Waals surface area (Å²) in [4.78, 5) is 10.9. The summed E-state index contributed by atoms with van der Waals surface area (Å²) in [5.41, 5.74) is 1.19. The third kappa shape index (κ3) is 29.7. The summed E-state index contributed by atoms with van der Waals surface area (Å²) >= 11 is 0. The molecule has 0 aliphatic carbocycles. The van der Waals surface area contributed by atoms with Crippen molar-refractivity contribution in [3.63, 3.8) is 0 Å². The summed E-state index contributed by atoms with van der Waals surface area (Å²) in [6, 6.07) is 8.07.